The Morgan fingerprint density at radius 2 is 2.00 bits per heavy atom. The summed E-state index contributed by atoms with van der Waals surface area (Å²) >= 11 is 0. The third kappa shape index (κ3) is 4.85. The minimum atomic E-state index is -0.365. The normalized spacial score (nSPS) is 15.4. The van der Waals surface area contributed by atoms with E-state index in [4.69, 9.17) is 14.6 Å². The molecule has 0 saturated carbocycles. The highest BCUT2D eigenvalue weighted by molar-refractivity contribution is 6.05. The molecule has 5 heteroatoms. The van der Waals surface area contributed by atoms with Gasteiger partial charge < -0.3 is 19.9 Å². The van der Waals surface area contributed by atoms with Gasteiger partial charge in [-0.05, 0) is 63.6 Å². The fourth-order valence-electron chi connectivity index (χ4n) is 2.74. The summed E-state index contributed by atoms with van der Waals surface area (Å²) in [6, 6.07) is 10.8. The number of carbonyl (C=O) groups is 1. The Kier molecular flexibility index (Phi) is 5.62. The van der Waals surface area contributed by atoms with Crippen LogP contribution in [-0.2, 0) is 0 Å². The summed E-state index contributed by atoms with van der Waals surface area (Å²) in [5, 5.41) is 12.1. The van der Waals surface area contributed by atoms with Gasteiger partial charge in [-0.3, -0.25) is 4.79 Å². The number of carbonyl (C=O) groups excluding carboxylic acids is 1. The first-order valence-corrected chi connectivity index (χ1v) is 9.25. The molecule has 0 saturated heterocycles. The molecule has 28 heavy (non-hydrogen) atoms. The van der Waals surface area contributed by atoms with Crippen molar-refractivity contribution in [1.29, 1.82) is 0 Å². The number of aliphatic hydroxyl groups is 1. The molecule has 2 aromatic rings. The van der Waals surface area contributed by atoms with Crippen LogP contribution in [0.3, 0.4) is 0 Å². The Morgan fingerprint density at radius 3 is 2.68 bits per heavy atom. The molecule has 0 spiro atoms. The number of aryl methyl sites for hydroxylation is 1. The van der Waals surface area contributed by atoms with Crippen molar-refractivity contribution in [2.45, 2.75) is 33.8 Å². The van der Waals surface area contributed by atoms with E-state index in [1.165, 1.54) is 0 Å². The van der Waals surface area contributed by atoms with E-state index in [2.05, 4.69) is 37.9 Å². The van der Waals surface area contributed by atoms with Gasteiger partial charge in [0.05, 0.1) is 6.61 Å². The first-order chi connectivity index (χ1) is 13.2. The molecule has 0 aliphatic carbocycles. The molecule has 1 aliphatic rings. The summed E-state index contributed by atoms with van der Waals surface area (Å²) in [6.45, 7) is 8.25. The first-order valence-electron chi connectivity index (χ1n) is 9.25. The van der Waals surface area contributed by atoms with E-state index in [0.29, 0.717) is 22.7 Å². The van der Waals surface area contributed by atoms with Gasteiger partial charge in [0.25, 0.3) is 5.91 Å². The van der Waals surface area contributed by atoms with Crippen LogP contribution in [0.5, 0.6) is 11.5 Å². The smallest absolute Gasteiger partial charge is 0.255 e. The van der Waals surface area contributed by atoms with Gasteiger partial charge in [0, 0.05) is 28.3 Å². The summed E-state index contributed by atoms with van der Waals surface area (Å²) in [5.74, 6) is 7.26. The van der Waals surface area contributed by atoms with Crippen molar-refractivity contribution in [3.63, 3.8) is 0 Å². The second-order valence-electron chi connectivity index (χ2n) is 7.88. The fourth-order valence-corrected chi connectivity index (χ4v) is 2.74. The maximum atomic E-state index is 12.7. The number of fused-ring (bicyclic) bond motifs is 1. The number of hydrogen-bond acceptors (Lipinski definition) is 4. The lowest BCUT2D eigenvalue weighted by Crippen LogP contribution is -2.32. The van der Waals surface area contributed by atoms with E-state index in [1.54, 1.807) is 24.3 Å². The molecule has 0 radical (unpaired) electrons. The van der Waals surface area contributed by atoms with Crippen molar-refractivity contribution in [2.75, 3.05) is 18.5 Å². The molecule has 0 fully saturated rings. The third-order valence-corrected chi connectivity index (χ3v) is 4.18. The third-order valence-electron chi connectivity index (χ3n) is 4.18. The molecule has 1 atom stereocenters. The lowest BCUT2D eigenvalue weighted by Gasteiger charge is -2.25. The predicted octanol–water partition coefficient (Wildman–Crippen LogP) is 3.78. The summed E-state index contributed by atoms with van der Waals surface area (Å²) in [5.41, 5.74) is 2.89. The van der Waals surface area contributed by atoms with Crippen molar-refractivity contribution >= 4 is 11.6 Å². The summed E-state index contributed by atoms with van der Waals surface area (Å²) in [4.78, 5) is 12.7. The molecule has 1 heterocycles. The lowest BCUT2D eigenvalue weighted by atomic mass is 9.97. The number of nitrogens with one attached hydrogen (secondary N) is 1. The zero-order valence-electron chi connectivity index (χ0n) is 16.6. The van der Waals surface area contributed by atoms with Crippen LogP contribution in [-0.4, -0.2) is 30.3 Å². The molecule has 1 unspecified atom stereocenters. The standard InChI is InChI=1S/C23H25NO4/c1-15-11-16(9-10-23(2,3)4)5-7-19(15)22(26)24-17-6-8-20-21(12-17)27-14-18(13-25)28-20/h5-8,11-12,18,25H,13-14H2,1-4H3,(H,24,26). The molecular formula is C23H25NO4. The van der Waals surface area contributed by atoms with Crippen molar-refractivity contribution in [3.05, 3.63) is 53.1 Å². The maximum absolute atomic E-state index is 12.7. The first kappa shape index (κ1) is 19.8. The van der Waals surface area contributed by atoms with Gasteiger partial charge in [0.2, 0.25) is 0 Å². The van der Waals surface area contributed by atoms with Crippen LogP contribution in [0.4, 0.5) is 5.69 Å². The summed E-state index contributed by atoms with van der Waals surface area (Å²) in [6.07, 6.45) is -0.365. The van der Waals surface area contributed by atoms with Crippen LogP contribution in [0.1, 0.15) is 42.3 Å². The summed E-state index contributed by atoms with van der Waals surface area (Å²) in [7, 11) is 0. The highest BCUT2D eigenvalue weighted by Crippen LogP contribution is 2.34. The number of hydrogen-bond donors (Lipinski definition) is 2. The number of amides is 1. The van der Waals surface area contributed by atoms with Crippen molar-refractivity contribution in [1.82, 2.24) is 0 Å². The van der Waals surface area contributed by atoms with E-state index in [1.807, 2.05) is 19.1 Å². The summed E-state index contributed by atoms with van der Waals surface area (Å²) < 4.78 is 11.2. The molecule has 0 aromatic heterocycles. The van der Waals surface area contributed by atoms with Crippen LogP contribution in [0, 0.1) is 24.2 Å². The Morgan fingerprint density at radius 1 is 1.21 bits per heavy atom. The number of anilines is 1. The topological polar surface area (TPSA) is 67.8 Å². The van der Waals surface area contributed by atoms with E-state index >= 15 is 0 Å². The zero-order chi connectivity index (χ0) is 20.3. The Bertz CT molecular complexity index is 947. The Hall–Kier alpha value is -2.97. The van der Waals surface area contributed by atoms with Gasteiger partial charge in [-0.25, -0.2) is 0 Å². The Labute approximate surface area is 165 Å². The number of aliphatic hydroxyl groups excluding tert-OH is 1. The van der Waals surface area contributed by atoms with E-state index in [-0.39, 0.29) is 30.6 Å². The van der Waals surface area contributed by atoms with E-state index < -0.39 is 0 Å². The second-order valence-corrected chi connectivity index (χ2v) is 7.88. The average Bonchev–Trinajstić information content (AvgIpc) is 2.65. The Balaban J connectivity index is 1.74. The molecule has 2 aromatic carbocycles. The number of benzene rings is 2. The minimum Gasteiger partial charge on any atom is -0.486 e. The van der Waals surface area contributed by atoms with Crippen LogP contribution in [0.25, 0.3) is 0 Å². The number of rotatable bonds is 3. The van der Waals surface area contributed by atoms with Gasteiger partial charge in [0.15, 0.2) is 17.6 Å². The quantitative estimate of drug-likeness (QED) is 0.797. The second kappa shape index (κ2) is 7.95. The van der Waals surface area contributed by atoms with Gasteiger partial charge in [-0.1, -0.05) is 11.8 Å². The van der Waals surface area contributed by atoms with Crippen molar-refractivity contribution in [3.8, 4) is 23.3 Å². The van der Waals surface area contributed by atoms with Crippen LogP contribution < -0.4 is 14.8 Å². The molecule has 5 nitrogen and oxygen atoms in total. The molecule has 3 rings (SSSR count). The largest absolute Gasteiger partial charge is 0.486 e. The predicted molar refractivity (Wildman–Crippen MR) is 109 cm³/mol. The van der Waals surface area contributed by atoms with Crippen LogP contribution >= 0.6 is 0 Å². The van der Waals surface area contributed by atoms with Gasteiger partial charge in [0.1, 0.15) is 6.61 Å². The highest BCUT2D eigenvalue weighted by atomic mass is 16.6. The van der Waals surface area contributed by atoms with Gasteiger partial charge >= 0.3 is 0 Å². The molecular weight excluding hydrogens is 354 g/mol. The highest BCUT2D eigenvalue weighted by Gasteiger charge is 2.21. The SMILES string of the molecule is Cc1cc(C#CC(C)(C)C)ccc1C(=O)Nc1ccc2c(c1)OCC(CO)O2. The number of ether oxygens (including phenoxy) is 2. The lowest BCUT2D eigenvalue weighted by molar-refractivity contribution is 0.0457. The fraction of sp³-hybridized carbons (Fsp3) is 0.348. The molecule has 1 aliphatic heterocycles. The molecule has 1 amide bonds. The van der Waals surface area contributed by atoms with Crippen molar-refractivity contribution in [2.24, 2.45) is 5.41 Å². The zero-order valence-corrected chi connectivity index (χ0v) is 16.6. The van der Waals surface area contributed by atoms with E-state index in [0.717, 1.165) is 11.1 Å². The van der Waals surface area contributed by atoms with Crippen LogP contribution in [0.2, 0.25) is 0 Å². The molecule has 146 valence electrons. The molecule has 2 N–H and O–H groups in total. The average molecular weight is 379 g/mol. The monoisotopic (exact) mass is 379 g/mol. The van der Waals surface area contributed by atoms with Gasteiger partial charge in [-0.2, -0.15) is 0 Å². The maximum Gasteiger partial charge on any atom is 0.255 e. The molecule has 0 bridgehead atoms. The van der Waals surface area contributed by atoms with Crippen molar-refractivity contribution < 1.29 is 19.4 Å². The van der Waals surface area contributed by atoms with E-state index in [9.17, 15) is 4.79 Å². The van der Waals surface area contributed by atoms with Crippen LogP contribution in [0.15, 0.2) is 36.4 Å². The van der Waals surface area contributed by atoms with Gasteiger partial charge in [-0.15, -0.1) is 0 Å². The minimum absolute atomic E-state index is 0.0701.